The maximum Gasteiger partial charge on any atom is 0.326 e. The van der Waals surface area contributed by atoms with Crippen LogP contribution in [-0.4, -0.2) is 30.1 Å². The minimum absolute atomic E-state index is 0.121. The van der Waals surface area contributed by atoms with Gasteiger partial charge in [-0.3, -0.25) is 4.79 Å². The fourth-order valence-electron chi connectivity index (χ4n) is 1.83. The fourth-order valence-corrected chi connectivity index (χ4v) is 1.83. The quantitative estimate of drug-likeness (QED) is 0.801. The Bertz CT molecular complexity index is 455. The van der Waals surface area contributed by atoms with Crippen LogP contribution in [0.2, 0.25) is 0 Å². The SMILES string of the molecule is CCC(C)[C@H](NC(=O)c1ccc(COC)cc1)C(=O)O. The number of benzene rings is 1. The summed E-state index contributed by atoms with van der Waals surface area (Å²) in [5.41, 5.74) is 1.40. The minimum atomic E-state index is -1.01. The van der Waals surface area contributed by atoms with Crippen LogP contribution in [0.5, 0.6) is 0 Å². The smallest absolute Gasteiger partial charge is 0.326 e. The van der Waals surface area contributed by atoms with E-state index in [4.69, 9.17) is 9.84 Å². The van der Waals surface area contributed by atoms with E-state index < -0.39 is 12.0 Å². The highest BCUT2D eigenvalue weighted by Crippen LogP contribution is 2.10. The highest BCUT2D eigenvalue weighted by molar-refractivity contribution is 5.96. The number of hydrogen-bond acceptors (Lipinski definition) is 3. The molecule has 110 valence electrons. The molecular formula is C15H21NO4. The van der Waals surface area contributed by atoms with Crippen molar-refractivity contribution in [3.63, 3.8) is 0 Å². The van der Waals surface area contributed by atoms with Crippen molar-refractivity contribution in [3.8, 4) is 0 Å². The number of methoxy groups -OCH3 is 1. The van der Waals surface area contributed by atoms with Crippen molar-refractivity contribution in [1.29, 1.82) is 0 Å². The normalized spacial score (nSPS) is 13.6. The summed E-state index contributed by atoms with van der Waals surface area (Å²) >= 11 is 0. The third-order valence-corrected chi connectivity index (χ3v) is 3.29. The summed E-state index contributed by atoms with van der Waals surface area (Å²) in [5.74, 6) is -1.51. The zero-order valence-corrected chi connectivity index (χ0v) is 12.1. The van der Waals surface area contributed by atoms with Gasteiger partial charge in [0.05, 0.1) is 6.61 Å². The fraction of sp³-hybridized carbons (Fsp3) is 0.467. The van der Waals surface area contributed by atoms with Gasteiger partial charge in [-0.05, 0) is 23.6 Å². The Morgan fingerprint density at radius 1 is 1.30 bits per heavy atom. The van der Waals surface area contributed by atoms with Crippen LogP contribution < -0.4 is 5.32 Å². The molecule has 1 aromatic rings. The van der Waals surface area contributed by atoms with Gasteiger partial charge >= 0.3 is 5.97 Å². The molecule has 0 saturated carbocycles. The number of ether oxygens (including phenoxy) is 1. The summed E-state index contributed by atoms with van der Waals surface area (Å²) in [5, 5.41) is 11.7. The average Bonchev–Trinajstić information content (AvgIpc) is 2.44. The Morgan fingerprint density at radius 2 is 1.90 bits per heavy atom. The lowest BCUT2D eigenvalue weighted by Gasteiger charge is -2.20. The van der Waals surface area contributed by atoms with E-state index in [1.165, 1.54) is 0 Å². The highest BCUT2D eigenvalue weighted by atomic mass is 16.5. The van der Waals surface area contributed by atoms with Gasteiger partial charge < -0.3 is 15.2 Å². The van der Waals surface area contributed by atoms with Gasteiger partial charge in [-0.15, -0.1) is 0 Å². The monoisotopic (exact) mass is 279 g/mol. The van der Waals surface area contributed by atoms with Gasteiger partial charge in [0.15, 0.2) is 0 Å². The number of hydrogen-bond donors (Lipinski definition) is 2. The molecule has 0 aliphatic carbocycles. The summed E-state index contributed by atoms with van der Waals surface area (Å²) in [6.07, 6.45) is 0.685. The van der Waals surface area contributed by atoms with Crippen molar-refractivity contribution in [1.82, 2.24) is 5.32 Å². The second-order valence-corrected chi connectivity index (χ2v) is 4.80. The van der Waals surface area contributed by atoms with Gasteiger partial charge in [0.2, 0.25) is 0 Å². The van der Waals surface area contributed by atoms with Crippen molar-refractivity contribution in [2.75, 3.05) is 7.11 Å². The second-order valence-electron chi connectivity index (χ2n) is 4.80. The Hall–Kier alpha value is -1.88. The molecule has 0 saturated heterocycles. The first-order valence-electron chi connectivity index (χ1n) is 6.61. The molecule has 5 heteroatoms. The van der Waals surface area contributed by atoms with Gasteiger partial charge in [-0.1, -0.05) is 32.4 Å². The Kier molecular flexibility index (Phi) is 6.18. The molecule has 0 fully saturated rings. The molecular weight excluding hydrogens is 258 g/mol. The summed E-state index contributed by atoms with van der Waals surface area (Å²) in [4.78, 5) is 23.2. The van der Waals surface area contributed by atoms with Gasteiger partial charge in [0.1, 0.15) is 6.04 Å². The molecule has 2 N–H and O–H groups in total. The molecule has 0 heterocycles. The van der Waals surface area contributed by atoms with E-state index >= 15 is 0 Å². The van der Waals surface area contributed by atoms with Crippen LogP contribution in [0.1, 0.15) is 36.2 Å². The van der Waals surface area contributed by atoms with E-state index in [0.29, 0.717) is 18.6 Å². The van der Waals surface area contributed by atoms with E-state index in [0.717, 1.165) is 5.56 Å². The van der Waals surface area contributed by atoms with E-state index in [9.17, 15) is 9.59 Å². The molecule has 1 unspecified atom stereocenters. The predicted octanol–water partition coefficient (Wildman–Crippen LogP) is 2.06. The number of carboxylic acid groups (broad SMARTS) is 1. The van der Waals surface area contributed by atoms with E-state index in [1.54, 1.807) is 38.3 Å². The van der Waals surface area contributed by atoms with Crippen LogP contribution >= 0.6 is 0 Å². The predicted molar refractivity (Wildman–Crippen MR) is 75.5 cm³/mol. The van der Waals surface area contributed by atoms with Gasteiger partial charge in [-0.25, -0.2) is 4.79 Å². The number of rotatable bonds is 7. The largest absolute Gasteiger partial charge is 0.480 e. The van der Waals surface area contributed by atoms with Crippen LogP contribution in [0, 0.1) is 5.92 Å². The summed E-state index contributed by atoms with van der Waals surface area (Å²) in [6, 6.07) is 6.04. The highest BCUT2D eigenvalue weighted by Gasteiger charge is 2.25. The third kappa shape index (κ3) is 4.35. The summed E-state index contributed by atoms with van der Waals surface area (Å²) < 4.78 is 4.99. The number of carbonyl (C=O) groups is 2. The van der Waals surface area contributed by atoms with E-state index in [1.807, 2.05) is 6.92 Å². The van der Waals surface area contributed by atoms with Crippen LogP contribution in [-0.2, 0) is 16.1 Å². The molecule has 5 nitrogen and oxygen atoms in total. The lowest BCUT2D eigenvalue weighted by molar-refractivity contribution is -0.140. The molecule has 0 bridgehead atoms. The molecule has 0 spiro atoms. The van der Waals surface area contributed by atoms with Crippen molar-refractivity contribution in [3.05, 3.63) is 35.4 Å². The molecule has 20 heavy (non-hydrogen) atoms. The molecule has 1 aromatic carbocycles. The molecule has 2 atom stereocenters. The van der Waals surface area contributed by atoms with E-state index in [2.05, 4.69) is 5.32 Å². The van der Waals surface area contributed by atoms with Crippen molar-refractivity contribution < 1.29 is 19.4 Å². The molecule has 0 radical (unpaired) electrons. The van der Waals surface area contributed by atoms with Crippen LogP contribution in [0.25, 0.3) is 0 Å². The second kappa shape index (κ2) is 7.65. The number of carboxylic acids is 1. The molecule has 0 aliphatic rings. The average molecular weight is 279 g/mol. The molecule has 0 aromatic heterocycles. The Morgan fingerprint density at radius 3 is 2.35 bits per heavy atom. The summed E-state index contributed by atoms with van der Waals surface area (Å²) in [6.45, 7) is 4.18. The van der Waals surface area contributed by atoms with Crippen molar-refractivity contribution in [2.45, 2.75) is 32.9 Å². The number of amides is 1. The topological polar surface area (TPSA) is 75.6 Å². The van der Waals surface area contributed by atoms with Crippen molar-refractivity contribution >= 4 is 11.9 Å². The van der Waals surface area contributed by atoms with Gasteiger partial charge in [0.25, 0.3) is 5.91 Å². The van der Waals surface area contributed by atoms with Crippen molar-refractivity contribution in [2.24, 2.45) is 5.92 Å². The minimum Gasteiger partial charge on any atom is -0.480 e. The standard InChI is InChI=1S/C15H21NO4/c1-4-10(2)13(15(18)19)16-14(17)12-7-5-11(6-8-12)9-20-3/h5-8,10,13H,4,9H2,1-3H3,(H,16,17)(H,18,19)/t10?,13-/m0/s1. The molecule has 0 aliphatic heterocycles. The maximum absolute atomic E-state index is 12.0. The number of nitrogens with one attached hydrogen (secondary N) is 1. The molecule has 1 rings (SSSR count). The lowest BCUT2D eigenvalue weighted by Crippen LogP contribution is -2.45. The van der Waals surface area contributed by atoms with E-state index in [-0.39, 0.29) is 11.8 Å². The van der Waals surface area contributed by atoms with Crippen LogP contribution in [0.4, 0.5) is 0 Å². The lowest BCUT2D eigenvalue weighted by atomic mass is 9.99. The summed E-state index contributed by atoms with van der Waals surface area (Å²) in [7, 11) is 1.60. The van der Waals surface area contributed by atoms with Gasteiger partial charge in [-0.2, -0.15) is 0 Å². The zero-order chi connectivity index (χ0) is 15.1. The number of carbonyl (C=O) groups excluding carboxylic acids is 1. The molecule has 1 amide bonds. The first-order valence-corrected chi connectivity index (χ1v) is 6.61. The first kappa shape index (κ1) is 16.2. The van der Waals surface area contributed by atoms with Gasteiger partial charge in [0, 0.05) is 12.7 Å². The van der Waals surface area contributed by atoms with Crippen LogP contribution in [0.3, 0.4) is 0 Å². The zero-order valence-electron chi connectivity index (χ0n) is 12.1. The first-order chi connectivity index (χ1) is 9.49. The van der Waals surface area contributed by atoms with Crippen LogP contribution in [0.15, 0.2) is 24.3 Å². The maximum atomic E-state index is 12.0. The Balaban J connectivity index is 2.76. The third-order valence-electron chi connectivity index (χ3n) is 3.29. The number of aliphatic carboxylic acids is 1. The Labute approximate surface area is 118 Å².